The highest BCUT2D eigenvalue weighted by molar-refractivity contribution is 7.89. The fraction of sp³-hybridized carbons (Fsp3) is 1.00. The van der Waals surface area contributed by atoms with Crippen molar-refractivity contribution in [3.05, 3.63) is 0 Å². The molecule has 5 heteroatoms. The Morgan fingerprint density at radius 1 is 1.12 bits per heavy atom. The van der Waals surface area contributed by atoms with E-state index in [-0.39, 0.29) is 16.6 Å². The molecule has 0 unspecified atom stereocenters. The second-order valence-corrected chi connectivity index (χ2v) is 8.09. The van der Waals surface area contributed by atoms with Gasteiger partial charge in [0.05, 0.1) is 5.75 Å². The van der Waals surface area contributed by atoms with E-state index in [1.165, 1.54) is 0 Å². The number of hydrogen-bond acceptors (Lipinski definition) is 3. The second-order valence-electron chi connectivity index (χ2n) is 6.16. The maximum atomic E-state index is 11.7. The molecular formula is C12H26N2O2S. The van der Waals surface area contributed by atoms with Crippen molar-refractivity contribution in [3.63, 3.8) is 0 Å². The summed E-state index contributed by atoms with van der Waals surface area (Å²) in [6, 6.07) is 0. The van der Waals surface area contributed by atoms with Gasteiger partial charge in [0, 0.05) is 6.54 Å². The first-order valence-corrected chi connectivity index (χ1v) is 7.98. The summed E-state index contributed by atoms with van der Waals surface area (Å²) in [5, 5.41) is 0. The van der Waals surface area contributed by atoms with Gasteiger partial charge in [0.1, 0.15) is 0 Å². The quantitative estimate of drug-likeness (QED) is 0.680. The maximum absolute atomic E-state index is 11.7. The van der Waals surface area contributed by atoms with Crippen molar-refractivity contribution in [3.8, 4) is 0 Å². The molecular weight excluding hydrogens is 236 g/mol. The van der Waals surface area contributed by atoms with E-state index < -0.39 is 10.0 Å². The number of unbranched alkanes of at least 4 members (excludes halogenated alkanes) is 1. The third-order valence-corrected chi connectivity index (χ3v) is 6.13. The van der Waals surface area contributed by atoms with Crippen molar-refractivity contribution >= 4 is 10.0 Å². The molecule has 102 valence electrons. The van der Waals surface area contributed by atoms with E-state index in [0.29, 0.717) is 25.4 Å². The Kier molecular flexibility index (Phi) is 4.27. The highest BCUT2D eigenvalue weighted by atomic mass is 32.2. The minimum atomic E-state index is -3.11. The lowest BCUT2D eigenvalue weighted by molar-refractivity contribution is 0.457. The van der Waals surface area contributed by atoms with E-state index in [4.69, 9.17) is 5.73 Å². The van der Waals surface area contributed by atoms with Gasteiger partial charge in [-0.05, 0) is 36.1 Å². The number of rotatable bonds is 7. The number of hydrogen-bond donors (Lipinski definition) is 2. The Balaban J connectivity index is 2.37. The van der Waals surface area contributed by atoms with E-state index in [0.717, 1.165) is 6.42 Å². The molecule has 0 aliphatic heterocycles. The average molecular weight is 262 g/mol. The fourth-order valence-electron chi connectivity index (χ4n) is 2.56. The molecule has 4 nitrogen and oxygen atoms in total. The molecule has 0 amide bonds. The molecule has 17 heavy (non-hydrogen) atoms. The van der Waals surface area contributed by atoms with Gasteiger partial charge in [-0.25, -0.2) is 13.1 Å². The van der Waals surface area contributed by atoms with E-state index >= 15 is 0 Å². The molecule has 1 fully saturated rings. The highest BCUT2D eigenvalue weighted by Gasteiger charge is 2.64. The number of nitrogens with two attached hydrogens (primary N) is 1. The van der Waals surface area contributed by atoms with E-state index in [9.17, 15) is 8.42 Å². The smallest absolute Gasteiger partial charge is 0.211 e. The van der Waals surface area contributed by atoms with E-state index in [2.05, 4.69) is 32.4 Å². The molecule has 0 heterocycles. The van der Waals surface area contributed by atoms with Gasteiger partial charge in [-0.3, -0.25) is 0 Å². The Morgan fingerprint density at radius 3 is 2.06 bits per heavy atom. The Morgan fingerprint density at radius 2 is 1.65 bits per heavy atom. The Bertz CT molecular complexity index is 347. The minimum absolute atomic E-state index is 0.192. The van der Waals surface area contributed by atoms with Gasteiger partial charge in [-0.2, -0.15) is 0 Å². The van der Waals surface area contributed by atoms with Gasteiger partial charge >= 0.3 is 0 Å². The molecule has 1 aliphatic rings. The van der Waals surface area contributed by atoms with E-state index in [1.807, 2.05) is 0 Å². The summed E-state index contributed by atoms with van der Waals surface area (Å²) in [6.45, 7) is 9.89. The van der Waals surface area contributed by atoms with Crippen LogP contribution in [0.3, 0.4) is 0 Å². The summed E-state index contributed by atoms with van der Waals surface area (Å²) in [7, 11) is -3.11. The van der Waals surface area contributed by atoms with Crippen molar-refractivity contribution in [1.29, 1.82) is 0 Å². The average Bonchev–Trinajstić information content (AvgIpc) is 2.55. The zero-order valence-corrected chi connectivity index (χ0v) is 12.2. The van der Waals surface area contributed by atoms with Crippen LogP contribution in [-0.4, -0.2) is 27.3 Å². The van der Waals surface area contributed by atoms with Crippen molar-refractivity contribution in [2.24, 2.45) is 22.5 Å². The van der Waals surface area contributed by atoms with Crippen molar-refractivity contribution in [2.45, 2.75) is 40.5 Å². The molecule has 1 saturated carbocycles. The van der Waals surface area contributed by atoms with Crippen LogP contribution in [0.15, 0.2) is 0 Å². The van der Waals surface area contributed by atoms with Gasteiger partial charge < -0.3 is 5.73 Å². The molecule has 1 rings (SSSR count). The summed E-state index contributed by atoms with van der Waals surface area (Å²) in [6.07, 6.45) is 1.41. The molecule has 3 N–H and O–H groups in total. The first-order valence-electron chi connectivity index (χ1n) is 6.32. The first-order chi connectivity index (χ1) is 7.65. The zero-order valence-electron chi connectivity index (χ0n) is 11.4. The van der Waals surface area contributed by atoms with Crippen LogP contribution in [-0.2, 0) is 10.0 Å². The molecule has 0 aromatic carbocycles. The third kappa shape index (κ3) is 3.20. The first kappa shape index (κ1) is 14.9. The second kappa shape index (κ2) is 4.86. The third-order valence-electron chi connectivity index (χ3n) is 4.69. The Hall–Kier alpha value is -0.130. The summed E-state index contributed by atoms with van der Waals surface area (Å²) < 4.78 is 26.1. The summed E-state index contributed by atoms with van der Waals surface area (Å²) >= 11 is 0. The van der Waals surface area contributed by atoms with Crippen molar-refractivity contribution in [1.82, 2.24) is 4.72 Å². The molecule has 0 bridgehead atoms. The zero-order chi connectivity index (χ0) is 13.3. The van der Waals surface area contributed by atoms with Gasteiger partial charge in [0.2, 0.25) is 10.0 Å². The van der Waals surface area contributed by atoms with Crippen LogP contribution in [0.4, 0.5) is 0 Å². The molecule has 0 aromatic heterocycles. The van der Waals surface area contributed by atoms with Crippen LogP contribution >= 0.6 is 0 Å². The van der Waals surface area contributed by atoms with Gasteiger partial charge in [-0.1, -0.05) is 27.7 Å². The summed E-state index contributed by atoms with van der Waals surface area (Å²) in [5.74, 6) is 0.622. The highest BCUT2D eigenvalue weighted by Crippen LogP contribution is 2.67. The van der Waals surface area contributed by atoms with Crippen LogP contribution in [0.25, 0.3) is 0 Å². The molecule has 0 saturated heterocycles. The predicted molar refractivity (Wildman–Crippen MR) is 71.1 cm³/mol. The topological polar surface area (TPSA) is 72.2 Å². The lowest BCUT2D eigenvalue weighted by Gasteiger charge is -2.07. The number of nitrogens with one attached hydrogen (secondary N) is 1. The summed E-state index contributed by atoms with van der Waals surface area (Å²) in [5.41, 5.74) is 5.80. The van der Waals surface area contributed by atoms with Crippen molar-refractivity contribution < 1.29 is 8.42 Å². The fourth-order valence-corrected chi connectivity index (χ4v) is 3.71. The monoisotopic (exact) mass is 262 g/mol. The molecule has 0 spiro atoms. The molecule has 1 aliphatic carbocycles. The molecule has 0 aromatic rings. The normalized spacial score (nSPS) is 22.6. The minimum Gasteiger partial charge on any atom is -0.330 e. The van der Waals surface area contributed by atoms with Crippen LogP contribution < -0.4 is 10.5 Å². The van der Waals surface area contributed by atoms with Gasteiger partial charge in [0.25, 0.3) is 0 Å². The van der Waals surface area contributed by atoms with Crippen LogP contribution in [0, 0.1) is 16.7 Å². The summed E-state index contributed by atoms with van der Waals surface area (Å²) in [4.78, 5) is 0. The van der Waals surface area contributed by atoms with Crippen LogP contribution in [0.1, 0.15) is 40.5 Å². The van der Waals surface area contributed by atoms with Gasteiger partial charge in [-0.15, -0.1) is 0 Å². The van der Waals surface area contributed by atoms with E-state index in [1.54, 1.807) is 0 Å². The maximum Gasteiger partial charge on any atom is 0.211 e. The lowest BCUT2D eigenvalue weighted by atomic mass is 10.0. The SMILES string of the molecule is CC1(C)C(CNS(=O)(=O)CCCCN)C1(C)C. The lowest BCUT2D eigenvalue weighted by Crippen LogP contribution is -2.29. The standard InChI is InChI=1S/C12H26N2O2S/c1-11(2)10(12(11,3)4)9-14-17(15,16)8-6-5-7-13/h10,14H,5-9,13H2,1-4H3. The molecule has 0 atom stereocenters. The Labute approximate surface area is 105 Å². The number of sulfonamides is 1. The molecule has 0 radical (unpaired) electrons. The van der Waals surface area contributed by atoms with Crippen LogP contribution in [0.5, 0.6) is 0 Å². The van der Waals surface area contributed by atoms with Gasteiger partial charge in [0.15, 0.2) is 0 Å². The van der Waals surface area contributed by atoms with Crippen molar-refractivity contribution in [2.75, 3.05) is 18.8 Å². The largest absolute Gasteiger partial charge is 0.330 e. The van der Waals surface area contributed by atoms with Crippen LogP contribution in [0.2, 0.25) is 0 Å². The predicted octanol–water partition coefficient (Wildman–Crippen LogP) is 1.33.